The van der Waals surface area contributed by atoms with Crippen LogP contribution in [0.25, 0.3) is 5.76 Å². The molecule has 0 bridgehead atoms. The third-order valence-electron chi connectivity index (χ3n) is 3.62. The number of allylic oxidation sites excluding steroid dienone is 1. The van der Waals surface area contributed by atoms with Gasteiger partial charge in [0.2, 0.25) is 11.6 Å². The van der Waals surface area contributed by atoms with Gasteiger partial charge in [0.15, 0.2) is 0 Å². The first-order valence-corrected chi connectivity index (χ1v) is 7.82. The quantitative estimate of drug-likeness (QED) is 0.782. The number of ether oxygens (including phenoxy) is 1. The summed E-state index contributed by atoms with van der Waals surface area (Å²) < 4.78 is 5.81. The van der Waals surface area contributed by atoms with Crippen molar-refractivity contribution >= 4 is 29.1 Å². The Morgan fingerprint density at radius 3 is 2.70 bits per heavy atom. The molecule has 1 aromatic rings. The molecule has 1 atom stereocenters. The highest BCUT2D eigenvalue weighted by atomic mass is 32.2. The van der Waals surface area contributed by atoms with E-state index in [4.69, 9.17) is 4.74 Å². The summed E-state index contributed by atoms with van der Waals surface area (Å²) in [7, 11) is 0. The summed E-state index contributed by atoms with van der Waals surface area (Å²) in [5.41, 5.74) is 1.22. The number of rotatable bonds is 2. The molecule has 20 heavy (non-hydrogen) atoms. The van der Waals surface area contributed by atoms with Crippen molar-refractivity contribution in [1.29, 1.82) is 0 Å². The van der Waals surface area contributed by atoms with Crippen molar-refractivity contribution in [2.45, 2.75) is 31.4 Å². The average molecular weight is 288 g/mol. The molecule has 0 aromatic heterocycles. The molecule has 1 unspecified atom stereocenters. The van der Waals surface area contributed by atoms with Gasteiger partial charge in [-0.15, -0.1) is 11.8 Å². The minimum atomic E-state index is -0.410. The maximum absolute atomic E-state index is 12.3. The molecule has 1 aromatic carbocycles. The van der Waals surface area contributed by atoms with Crippen molar-refractivity contribution in [3.63, 3.8) is 0 Å². The summed E-state index contributed by atoms with van der Waals surface area (Å²) in [6.07, 6.45) is 3.02. The van der Waals surface area contributed by atoms with Crippen LogP contribution in [0, 0.1) is 0 Å². The summed E-state index contributed by atoms with van der Waals surface area (Å²) in [5, 5.41) is 0.356. The van der Waals surface area contributed by atoms with E-state index >= 15 is 0 Å². The van der Waals surface area contributed by atoms with Crippen LogP contribution in [-0.2, 0) is 9.53 Å². The Hall–Kier alpha value is -1.55. The van der Waals surface area contributed by atoms with E-state index in [0.29, 0.717) is 28.1 Å². The lowest BCUT2D eigenvalue weighted by atomic mass is 9.94. The zero-order valence-corrected chi connectivity index (χ0v) is 12.2. The maximum Gasteiger partial charge on any atom is 0.243 e. The molecule has 0 saturated carbocycles. The Bertz CT molecular complexity index is 603. The lowest BCUT2D eigenvalue weighted by Crippen LogP contribution is -2.23. The van der Waals surface area contributed by atoms with E-state index in [-0.39, 0.29) is 0 Å². The average Bonchev–Trinajstić information content (AvgIpc) is 2.68. The highest BCUT2D eigenvalue weighted by Gasteiger charge is 2.36. The number of Topliss-reactive ketones (excluding diaryl/α,β-unsaturated/α-hetero) is 2. The number of carbonyl (C=O) groups is 2. The molecule has 0 fully saturated rings. The van der Waals surface area contributed by atoms with Gasteiger partial charge in [0.05, 0.1) is 6.61 Å². The first-order chi connectivity index (χ1) is 9.72. The number of hydrogen-bond donors (Lipinski definition) is 0. The van der Waals surface area contributed by atoms with Crippen molar-refractivity contribution in [1.82, 2.24) is 0 Å². The van der Waals surface area contributed by atoms with Gasteiger partial charge in [0.1, 0.15) is 10.7 Å². The van der Waals surface area contributed by atoms with Crippen LogP contribution in [0.1, 0.15) is 42.1 Å². The van der Waals surface area contributed by atoms with E-state index < -0.39 is 11.6 Å². The highest BCUT2D eigenvalue weighted by molar-refractivity contribution is 8.04. The van der Waals surface area contributed by atoms with Gasteiger partial charge in [-0.25, -0.2) is 0 Å². The Labute approximate surface area is 122 Å². The molecule has 0 amide bonds. The van der Waals surface area contributed by atoms with Gasteiger partial charge in [0.25, 0.3) is 0 Å². The Morgan fingerprint density at radius 2 is 1.95 bits per heavy atom. The standard InChI is InChI=1S/C16H16O3S/c1-2-5-10-8-9-19-15-12-7-4-3-6-11(12)13(17)14(18)16(15)20-10/h3-4,6-7,10H,2,5,8-9H2,1H3. The molecule has 1 aliphatic carbocycles. The molecule has 1 aliphatic heterocycles. The van der Waals surface area contributed by atoms with Crippen molar-refractivity contribution in [3.05, 3.63) is 40.3 Å². The van der Waals surface area contributed by atoms with Gasteiger partial charge in [-0.05, 0) is 12.8 Å². The normalized spacial score (nSPS) is 21.9. The van der Waals surface area contributed by atoms with Crippen LogP contribution in [-0.4, -0.2) is 23.4 Å². The fourth-order valence-electron chi connectivity index (χ4n) is 2.62. The number of carbonyl (C=O) groups excluding carboxylic acids is 2. The van der Waals surface area contributed by atoms with Crippen molar-refractivity contribution in [2.75, 3.05) is 6.61 Å². The van der Waals surface area contributed by atoms with Crippen LogP contribution in [0.3, 0.4) is 0 Å². The SMILES string of the molecule is CCCC1CCOC2=C(S1)C(=O)C(=O)c1ccccc12. The van der Waals surface area contributed by atoms with Crippen molar-refractivity contribution < 1.29 is 14.3 Å². The molecule has 104 valence electrons. The van der Waals surface area contributed by atoms with E-state index in [1.807, 2.05) is 12.1 Å². The van der Waals surface area contributed by atoms with E-state index in [9.17, 15) is 9.59 Å². The molecule has 1 heterocycles. The van der Waals surface area contributed by atoms with E-state index in [0.717, 1.165) is 24.8 Å². The lowest BCUT2D eigenvalue weighted by molar-refractivity contribution is -0.111. The van der Waals surface area contributed by atoms with Gasteiger partial charge in [-0.3, -0.25) is 9.59 Å². The molecule has 3 rings (SSSR count). The molecule has 0 N–H and O–H groups in total. The molecule has 2 aliphatic rings. The van der Waals surface area contributed by atoms with Crippen LogP contribution in [0.4, 0.5) is 0 Å². The topological polar surface area (TPSA) is 43.4 Å². The number of fused-ring (bicyclic) bond motifs is 2. The number of benzene rings is 1. The predicted octanol–water partition coefficient (Wildman–Crippen LogP) is 3.44. The van der Waals surface area contributed by atoms with E-state index in [1.54, 1.807) is 12.1 Å². The summed E-state index contributed by atoms with van der Waals surface area (Å²) in [6, 6.07) is 7.20. The summed E-state index contributed by atoms with van der Waals surface area (Å²) in [6.45, 7) is 2.73. The smallest absolute Gasteiger partial charge is 0.243 e. The zero-order chi connectivity index (χ0) is 14.1. The summed E-state index contributed by atoms with van der Waals surface area (Å²) >= 11 is 1.52. The van der Waals surface area contributed by atoms with Gasteiger partial charge < -0.3 is 4.74 Å². The van der Waals surface area contributed by atoms with E-state index in [1.165, 1.54) is 11.8 Å². The second-order valence-electron chi connectivity index (χ2n) is 5.03. The van der Waals surface area contributed by atoms with Crippen LogP contribution >= 0.6 is 11.8 Å². The Kier molecular flexibility index (Phi) is 3.66. The third-order valence-corrected chi connectivity index (χ3v) is 5.03. The van der Waals surface area contributed by atoms with Gasteiger partial charge >= 0.3 is 0 Å². The molecule has 0 spiro atoms. The molecular formula is C16H16O3S. The summed E-state index contributed by atoms with van der Waals surface area (Å²) in [5.74, 6) is -0.215. The molecule has 0 saturated heterocycles. The number of hydrogen-bond acceptors (Lipinski definition) is 4. The van der Waals surface area contributed by atoms with E-state index in [2.05, 4.69) is 6.92 Å². The van der Waals surface area contributed by atoms with Crippen LogP contribution in [0.5, 0.6) is 0 Å². The molecular weight excluding hydrogens is 272 g/mol. The molecule has 4 heteroatoms. The Balaban J connectivity index is 2.07. The van der Waals surface area contributed by atoms with Crippen LogP contribution < -0.4 is 0 Å². The largest absolute Gasteiger partial charge is 0.492 e. The lowest BCUT2D eigenvalue weighted by Gasteiger charge is -2.19. The summed E-state index contributed by atoms with van der Waals surface area (Å²) in [4.78, 5) is 25.0. The fraction of sp³-hybridized carbons (Fsp3) is 0.375. The fourth-order valence-corrected chi connectivity index (χ4v) is 4.00. The third kappa shape index (κ3) is 2.18. The van der Waals surface area contributed by atoms with Crippen LogP contribution in [0.15, 0.2) is 29.2 Å². The minimum Gasteiger partial charge on any atom is -0.492 e. The number of thioether (sulfide) groups is 1. The highest BCUT2D eigenvalue weighted by Crippen LogP contribution is 2.41. The van der Waals surface area contributed by atoms with Crippen molar-refractivity contribution in [2.24, 2.45) is 0 Å². The zero-order valence-electron chi connectivity index (χ0n) is 11.3. The monoisotopic (exact) mass is 288 g/mol. The maximum atomic E-state index is 12.3. The first-order valence-electron chi connectivity index (χ1n) is 6.94. The first kappa shape index (κ1) is 13.4. The van der Waals surface area contributed by atoms with Gasteiger partial charge in [0, 0.05) is 16.4 Å². The molecule has 3 nitrogen and oxygen atoms in total. The van der Waals surface area contributed by atoms with Crippen LogP contribution in [0.2, 0.25) is 0 Å². The number of ketones is 2. The Morgan fingerprint density at radius 1 is 1.20 bits per heavy atom. The second-order valence-corrected chi connectivity index (χ2v) is 6.34. The predicted molar refractivity (Wildman–Crippen MR) is 79.6 cm³/mol. The van der Waals surface area contributed by atoms with Gasteiger partial charge in [-0.2, -0.15) is 0 Å². The van der Waals surface area contributed by atoms with Crippen molar-refractivity contribution in [3.8, 4) is 0 Å². The van der Waals surface area contributed by atoms with Gasteiger partial charge in [-0.1, -0.05) is 37.6 Å². The molecule has 0 radical (unpaired) electrons. The minimum absolute atomic E-state index is 0.356. The second kappa shape index (κ2) is 5.44.